The van der Waals surface area contributed by atoms with Crippen molar-refractivity contribution in [2.24, 2.45) is 5.92 Å². The van der Waals surface area contributed by atoms with Crippen LogP contribution in [0.3, 0.4) is 0 Å². The third-order valence-corrected chi connectivity index (χ3v) is 6.24. The first-order valence-corrected chi connectivity index (χ1v) is 11.1. The number of benzene rings is 2. The molecule has 1 fully saturated rings. The van der Waals surface area contributed by atoms with Crippen LogP contribution in [-0.2, 0) is 9.53 Å². The molecule has 8 heteroatoms. The first kappa shape index (κ1) is 20.9. The topological polar surface area (TPSA) is 60.0 Å². The summed E-state index contributed by atoms with van der Waals surface area (Å²) >= 11 is 9.19. The highest BCUT2D eigenvalue weighted by Crippen LogP contribution is 2.52. The summed E-state index contributed by atoms with van der Waals surface area (Å²) in [5, 5.41) is 3.84. The predicted octanol–water partition coefficient (Wildman–Crippen LogP) is 4.57. The molecule has 0 aliphatic carbocycles. The Balaban J connectivity index is 1.90. The molecule has 0 saturated carbocycles. The summed E-state index contributed by atoms with van der Waals surface area (Å²) in [6, 6.07) is 13.0. The number of nitrogens with zero attached hydrogens (tertiary/aromatic N) is 1. The van der Waals surface area contributed by atoms with E-state index >= 15 is 0 Å². The third kappa shape index (κ3) is 3.32. The fourth-order valence-corrected chi connectivity index (χ4v) is 4.89. The second kappa shape index (κ2) is 8.07. The second-order valence-electron chi connectivity index (χ2n) is 7.23. The number of esters is 1. The van der Waals surface area contributed by atoms with Crippen LogP contribution in [0.5, 0.6) is 11.5 Å². The minimum atomic E-state index is -1.10. The number of fused-ring (bicyclic) bond motifs is 4. The Hall–Kier alpha value is -2.32. The number of thiocarbonyl (C=S) groups is 1. The minimum Gasteiger partial charge on any atom is -0.490 e. The first-order valence-electron chi connectivity index (χ1n) is 9.88. The van der Waals surface area contributed by atoms with Gasteiger partial charge in [-0.1, -0.05) is 28.1 Å². The highest BCUT2D eigenvalue weighted by Gasteiger charge is 2.60. The van der Waals surface area contributed by atoms with Crippen LogP contribution in [0.2, 0.25) is 0 Å². The Morgan fingerprint density at radius 2 is 1.97 bits per heavy atom. The first-order chi connectivity index (χ1) is 14.4. The second-order valence-corrected chi connectivity index (χ2v) is 8.54. The van der Waals surface area contributed by atoms with Crippen molar-refractivity contribution in [3.63, 3.8) is 0 Å². The molecule has 30 heavy (non-hydrogen) atoms. The smallest absolute Gasteiger partial charge is 0.317 e. The Morgan fingerprint density at radius 3 is 2.63 bits per heavy atom. The molecule has 4 rings (SSSR count). The van der Waals surface area contributed by atoms with Crippen LogP contribution in [0.15, 0.2) is 46.9 Å². The van der Waals surface area contributed by atoms with E-state index in [4.69, 9.17) is 26.4 Å². The van der Waals surface area contributed by atoms with Gasteiger partial charge in [-0.2, -0.15) is 0 Å². The fraction of sp³-hybridized carbons (Fsp3) is 0.364. The number of halogens is 1. The molecule has 158 valence electrons. The number of hydrogen-bond acceptors (Lipinski definition) is 5. The monoisotopic (exact) mass is 490 g/mol. The lowest BCUT2D eigenvalue weighted by Crippen LogP contribution is -2.71. The Kier molecular flexibility index (Phi) is 5.63. The number of nitrogens with one attached hydrogen (secondary N) is 1. The van der Waals surface area contributed by atoms with Gasteiger partial charge in [-0.25, -0.2) is 0 Å². The van der Waals surface area contributed by atoms with E-state index < -0.39 is 17.7 Å². The van der Waals surface area contributed by atoms with Crippen LogP contribution in [0, 0.1) is 5.92 Å². The molecule has 2 bridgehead atoms. The molecule has 2 aliphatic heterocycles. The lowest BCUT2D eigenvalue weighted by atomic mass is 9.79. The van der Waals surface area contributed by atoms with Crippen LogP contribution in [0.25, 0.3) is 0 Å². The summed E-state index contributed by atoms with van der Waals surface area (Å²) in [5.41, 5.74) is 0.533. The molecular weight excluding hydrogens is 468 g/mol. The van der Waals surface area contributed by atoms with Crippen molar-refractivity contribution in [1.82, 2.24) is 5.32 Å². The summed E-state index contributed by atoms with van der Waals surface area (Å²) in [4.78, 5) is 15.0. The van der Waals surface area contributed by atoms with Crippen LogP contribution >= 0.6 is 28.1 Å². The Morgan fingerprint density at radius 1 is 1.23 bits per heavy atom. The molecule has 3 atom stereocenters. The molecule has 6 nitrogen and oxygen atoms in total. The van der Waals surface area contributed by atoms with Gasteiger partial charge in [-0.15, -0.1) is 0 Å². The minimum absolute atomic E-state index is 0.284. The standard InChI is InChI=1S/C22H23BrN2O4S/c1-4-27-16-8-6-7-15-18-17(20(26)28-5-2)22(3,29-19(15)16)25(21(30)24-18)14-11-9-13(23)10-12-14/h6-12,17-18H,4-5H2,1-3H3,(H,24,30)/t17-,18+,22+/m1/s1. The quantitative estimate of drug-likeness (QED) is 0.486. The van der Waals surface area contributed by atoms with E-state index in [-0.39, 0.29) is 12.6 Å². The molecule has 0 radical (unpaired) electrons. The van der Waals surface area contributed by atoms with E-state index in [1.165, 1.54) is 0 Å². The lowest BCUT2D eigenvalue weighted by Gasteiger charge is -2.55. The molecule has 2 aliphatic rings. The third-order valence-electron chi connectivity index (χ3n) is 5.41. The van der Waals surface area contributed by atoms with E-state index in [1.807, 2.05) is 61.2 Å². The van der Waals surface area contributed by atoms with Gasteiger partial charge in [-0.05, 0) is 63.3 Å². The maximum Gasteiger partial charge on any atom is 0.317 e. The number of rotatable bonds is 5. The summed E-state index contributed by atoms with van der Waals surface area (Å²) in [6.07, 6.45) is 0. The number of anilines is 1. The molecule has 0 aromatic heterocycles. The normalized spacial score (nSPS) is 24.4. The van der Waals surface area contributed by atoms with Gasteiger partial charge in [0.2, 0.25) is 5.72 Å². The van der Waals surface area contributed by atoms with Gasteiger partial charge in [0.15, 0.2) is 16.6 Å². The van der Waals surface area contributed by atoms with Crippen molar-refractivity contribution in [2.75, 3.05) is 18.1 Å². The zero-order chi connectivity index (χ0) is 21.5. The average molecular weight is 491 g/mol. The number of ether oxygens (including phenoxy) is 3. The maximum atomic E-state index is 13.1. The zero-order valence-electron chi connectivity index (χ0n) is 17.0. The highest BCUT2D eigenvalue weighted by molar-refractivity contribution is 9.10. The van der Waals surface area contributed by atoms with E-state index in [9.17, 15) is 4.79 Å². The van der Waals surface area contributed by atoms with Gasteiger partial charge in [0, 0.05) is 15.7 Å². The maximum absolute atomic E-state index is 13.1. The van der Waals surface area contributed by atoms with E-state index in [0.29, 0.717) is 23.2 Å². The van der Waals surface area contributed by atoms with Gasteiger partial charge in [0.05, 0.1) is 19.3 Å². The Bertz CT molecular complexity index is 984. The zero-order valence-corrected chi connectivity index (χ0v) is 19.4. The van der Waals surface area contributed by atoms with Gasteiger partial charge in [-0.3, -0.25) is 9.69 Å². The van der Waals surface area contributed by atoms with Crippen molar-refractivity contribution < 1.29 is 19.0 Å². The number of hydrogen-bond donors (Lipinski definition) is 1. The highest BCUT2D eigenvalue weighted by atomic mass is 79.9. The average Bonchev–Trinajstić information content (AvgIpc) is 2.70. The predicted molar refractivity (Wildman–Crippen MR) is 122 cm³/mol. The Labute approximate surface area is 189 Å². The van der Waals surface area contributed by atoms with Gasteiger partial charge in [0.1, 0.15) is 5.92 Å². The molecule has 2 aromatic rings. The van der Waals surface area contributed by atoms with Crippen molar-refractivity contribution in [3.05, 3.63) is 52.5 Å². The largest absolute Gasteiger partial charge is 0.490 e. The molecule has 0 spiro atoms. The molecule has 1 N–H and O–H groups in total. The molecule has 1 saturated heterocycles. The number of para-hydroxylation sites is 1. The van der Waals surface area contributed by atoms with Crippen LogP contribution in [0.1, 0.15) is 32.4 Å². The fourth-order valence-electron chi connectivity index (χ4n) is 4.21. The van der Waals surface area contributed by atoms with Crippen LogP contribution in [-0.4, -0.2) is 30.0 Å². The molecular formula is C22H23BrN2O4S. The SMILES string of the molecule is CCOC(=O)[C@H]1[C@H]2NC(=S)N(c3ccc(Br)cc3)[C@@]1(C)Oc1c(OCC)cccc12. The summed E-state index contributed by atoms with van der Waals surface area (Å²) in [5.74, 6) is 0.273. The van der Waals surface area contributed by atoms with E-state index in [0.717, 1.165) is 15.7 Å². The lowest BCUT2D eigenvalue weighted by molar-refractivity contribution is -0.159. The molecule has 2 heterocycles. The van der Waals surface area contributed by atoms with E-state index in [1.54, 1.807) is 6.92 Å². The van der Waals surface area contributed by atoms with Crippen molar-refractivity contribution in [1.29, 1.82) is 0 Å². The van der Waals surface area contributed by atoms with Crippen molar-refractivity contribution in [3.8, 4) is 11.5 Å². The van der Waals surface area contributed by atoms with Crippen molar-refractivity contribution >= 4 is 44.9 Å². The van der Waals surface area contributed by atoms with Gasteiger partial charge >= 0.3 is 5.97 Å². The summed E-state index contributed by atoms with van der Waals surface area (Å²) in [7, 11) is 0. The van der Waals surface area contributed by atoms with E-state index in [2.05, 4.69) is 21.2 Å². The molecule has 0 amide bonds. The number of carbonyl (C=O) groups is 1. The summed E-state index contributed by atoms with van der Waals surface area (Å²) < 4.78 is 18.8. The van der Waals surface area contributed by atoms with Gasteiger partial charge in [0.25, 0.3) is 0 Å². The van der Waals surface area contributed by atoms with Gasteiger partial charge < -0.3 is 19.5 Å². The number of carbonyl (C=O) groups excluding carboxylic acids is 1. The molecule has 0 unspecified atom stereocenters. The molecule has 2 aromatic carbocycles. The van der Waals surface area contributed by atoms with Crippen molar-refractivity contribution in [2.45, 2.75) is 32.5 Å². The van der Waals surface area contributed by atoms with Crippen LogP contribution < -0.4 is 19.7 Å². The summed E-state index contributed by atoms with van der Waals surface area (Å²) in [6.45, 7) is 6.39. The van der Waals surface area contributed by atoms with Crippen LogP contribution in [0.4, 0.5) is 5.69 Å².